The van der Waals surface area contributed by atoms with Gasteiger partial charge in [0.05, 0.1) is 6.61 Å². The Morgan fingerprint density at radius 2 is 1.67 bits per heavy atom. The van der Waals surface area contributed by atoms with Gasteiger partial charge in [-0.1, -0.05) is 24.3 Å². The molecule has 96 valence electrons. The van der Waals surface area contributed by atoms with E-state index in [2.05, 4.69) is 12.1 Å². The molecule has 0 radical (unpaired) electrons. The van der Waals surface area contributed by atoms with Gasteiger partial charge in [0.2, 0.25) is 0 Å². The molecule has 18 heavy (non-hydrogen) atoms. The molecule has 1 aliphatic heterocycles. The SMILES string of the molecule is OCc1ccc(CCC2CCOCC2)cc1.[Al+3].[H-].[H-].[H-].[H-].[Li+]. The van der Waals surface area contributed by atoms with Crippen LogP contribution in [-0.4, -0.2) is 35.7 Å². The number of aliphatic hydroxyl groups excluding tert-OH is 1. The smallest absolute Gasteiger partial charge is 1.00 e. The van der Waals surface area contributed by atoms with Crippen LogP contribution in [0.2, 0.25) is 0 Å². The quantitative estimate of drug-likeness (QED) is 0.746. The topological polar surface area (TPSA) is 29.5 Å². The van der Waals surface area contributed by atoms with Crippen molar-refractivity contribution in [3.63, 3.8) is 0 Å². The van der Waals surface area contributed by atoms with E-state index in [1.54, 1.807) is 0 Å². The van der Waals surface area contributed by atoms with Crippen molar-refractivity contribution >= 4 is 17.4 Å². The summed E-state index contributed by atoms with van der Waals surface area (Å²) >= 11 is 0. The zero-order valence-corrected chi connectivity index (χ0v) is 12.4. The van der Waals surface area contributed by atoms with Crippen LogP contribution in [0.1, 0.15) is 36.1 Å². The van der Waals surface area contributed by atoms with Crippen LogP contribution in [0.3, 0.4) is 0 Å². The van der Waals surface area contributed by atoms with Crippen molar-refractivity contribution in [1.29, 1.82) is 0 Å². The molecule has 0 saturated carbocycles. The summed E-state index contributed by atoms with van der Waals surface area (Å²) in [6, 6.07) is 8.29. The second-order valence-electron chi connectivity index (χ2n) is 4.57. The Labute approximate surface area is 138 Å². The molecule has 2 rings (SSSR count). The number of rotatable bonds is 4. The van der Waals surface area contributed by atoms with E-state index in [1.807, 2.05) is 12.1 Å². The molecule has 0 aliphatic carbocycles. The molecule has 0 amide bonds. The maximum Gasteiger partial charge on any atom is 3.00 e. The standard InChI is InChI=1S/C14H20O2.Al.Li.4H/c15-11-14-5-3-12(4-6-14)1-2-13-7-9-16-10-8-13;;;;;;/h3-6,13,15H,1-2,7-11H2;;;;;;/q;+3;+1;4*-1. The normalized spacial score (nSPS) is 15.6. The molecule has 0 unspecified atom stereocenters. The minimum atomic E-state index is 0. The second-order valence-corrected chi connectivity index (χ2v) is 4.57. The van der Waals surface area contributed by atoms with Crippen LogP contribution in [-0.2, 0) is 17.8 Å². The fourth-order valence-corrected chi connectivity index (χ4v) is 2.22. The number of aryl methyl sites for hydroxylation is 1. The number of aliphatic hydroxyl groups is 1. The first-order valence-corrected chi connectivity index (χ1v) is 6.15. The first kappa shape index (κ1) is 18.3. The molecule has 0 bridgehead atoms. The van der Waals surface area contributed by atoms with Crippen LogP contribution in [0.15, 0.2) is 24.3 Å². The minimum absolute atomic E-state index is 0. The van der Waals surface area contributed by atoms with Crippen molar-refractivity contribution < 1.29 is 34.4 Å². The van der Waals surface area contributed by atoms with E-state index >= 15 is 0 Å². The number of ether oxygens (including phenoxy) is 1. The van der Waals surface area contributed by atoms with Gasteiger partial charge in [-0.15, -0.1) is 0 Å². The van der Waals surface area contributed by atoms with E-state index in [-0.39, 0.29) is 48.5 Å². The van der Waals surface area contributed by atoms with E-state index in [1.165, 1.54) is 24.8 Å². The zero-order valence-electron chi connectivity index (χ0n) is 15.3. The van der Waals surface area contributed by atoms with Crippen LogP contribution in [0, 0.1) is 5.92 Å². The van der Waals surface area contributed by atoms with E-state index in [9.17, 15) is 0 Å². The summed E-state index contributed by atoms with van der Waals surface area (Å²) < 4.78 is 5.35. The molecule has 1 saturated heterocycles. The molecule has 0 spiro atoms. The van der Waals surface area contributed by atoms with Gasteiger partial charge in [-0.2, -0.15) is 0 Å². The van der Waals surface area contributed by atoms with Gasteiger partial charge in [0, 0.05) is 13.2 Å². The van der Waals surface area contributed by atoms with E-state index in [0.717, 1.165) is 31.1 Å². The average molecular weight is 258 g/mol. The van der Waals surface area contributed by atoms with Crippen LogP contribution in [0.25, 0.3) is 0 Å². The Hall–Kier alpha value is 0.270. The molecule has 1 heterocycles. The molecule has 1 fully saturated rings. The van der Waals surface area contributed by atoms with Crippen LogP contribution >= 0.6 is 0 Å². The fraction of sp³-hybridized carbons (Fsp3) is 0.571. The van der Waals surface area contributed by atoms with Crippen molar-refractivity contribution in [2.45, 2.75) is 32.3 Å². The molecule has 1 aromatic rings. The molecule has 2 nitrogen and oxygen atoms in total. The van der Waals surface area contributed by atoms with Crippen molar-refractivity contribution in [2.75, 3.05) is 13.2 Å². The summed E-state index contributed by atoms with van der Waals surface area (Å²) in [7, 11) is 0. The maximum absolute atomic E-state index is 8.95. The average Bonchev–Trinajstić information content (AvgIpc) is 2.38. The third kappa shape index (κ3) is 5.94. The Morgan fingerprint density at radius 3 is 2.22 bits per heavy atom. The second kappa shape index (κ2) is 10.1. The zero-order chi connectivity index (χ0) is 11.2. The first-order chi connectivity index (χ1) is 7.88. The fourth-order valence-electron chi connectivity index (χ4n) is 2.22. The van der Waals surface area contributed by atoms with Gasteiger partial charge < -0.3 is 15.5 Å². The minimum Gasteiger partial charge on any atom is -1.00 e. The van der Waals surface area contributed by atoms with Gasteiger partial charge in [-0.3, -0.25) is 0 Å². The molecule has 0 atom stereocenters. The van der Waals surface area contributed by atoms with Crippen LogP contribution in [0.4, 0.5) is 0 Å². The van der Waals surface area contributed by atoms with Crippen LogP contribution < -0.4 is 18.9 Å². The molecule has 1 N–H and O–H groups in total. The number of hydrogen-bond acceptors (Lipinski definition) is 2. The van der Waals surface area contributed by atoms with E-state index < -0.39 is 0 Å². The largest absolute Gasteiger partial charge is 3.00 e. The molecular weight excluding hydrogens is 234 g/mol. The van der Waals surface area contributed by atoms with E-state index in [0.29, 0.717) is 0 Å². The van der Waals surface area contributed by atoms with Gasteiger partial charge in [0.15, 0.2) is 0 Å². The molecule has 4 heteroatoms. The summed E-state index contributed by atoms with van der Waals surface area (Å²) in [5.41, 5.74) is 2.37. The summed E-state index contributed by atoms with van der Waals surface area (Å²) in [6.07, 6.45) is 4.85. The van der Waals surface area contributed by atoms with Crippen molar-refractivity contribution in [2.24, 2.45) is 5.92 Å². The van der Waals surface area contributed by atoms with Crippen molar-refractivity contribution in [3.8, 4) is 0 Å². The third-order valence-electron chi connectivity index (χ3n) is 3.39. The van der Waals surface area contributed by atoms with Crippen LogP contribution in [0.5, 0.6) is 0 Å². The predicted octanol–water partition coefficient (Wildman–Crippen LogP) is -0.389. The van der Waals surface area contributed by atoms with E-state index in [4.69, 9.17) is 9.84 Å². The van der Waals surface area contributed by atoms with Gasteiger partial charge in [0.25, 0.3) is 0 Å². The maximum atomic E-state index is 8.95. The number of benzene rings is 1. The third-order valence-corrected chi connectivity index (χ3v) is 3.39. The Bertz CT molecular complexity index is 325. The molecule has 0 aromatic heterocycles. The monoisotopic (exact) mass is 258 g/mol. The molecule has 1 aliphatic rings. The molecular formula is C14H24AlLiO2. The summed E-state index contributed by atoms with van der Waals surface area (Å²) in [6.45, 7) is 2.02. The summed E-state index contributed by atoms with van der Waals surface area (Å²) in [5, 5.41) is 8.95. The number of hydrogen-bond donors (Lipinski definition) is 1. The van der Waals surface area contributed by atoms with Gasteiger partial charge in [-0.05, 0) is 42.7 Å². The van der Waals surface area contributed by atoms with Gasteiger partial charge >= 0.3 is 36.2 Å². The summed E-state index contributed by atoms with van der Waals surface area (Å²) in [5.74, 6) is 0.839. The Balaban J connectivity index is -0.000000161. The van der Waals surface area contributed by atoms with Gasteiger partial charge in [0.1, 0.15) is 0 Å². The van der Waals surface area contributed by atoms with Crippen molar-refractivity contribution in [1.82, 2.24) is 0 Å². The first-order valence-electron chi connectivity index (χ1n) is 6.15. The summed E-state index contributed by atoms with van der Waals surface area (Å²) in [4.78, 5) is 0. The molecule has 1 aromatic carbocycles. The Morgan fingerprint density at radius 1 is 1.11 bits per heavy atom. The van der Waals surface area contributed by atoms with Crippen molar-refractivity contribution in [3.05, 3.63) is 35.4 Å². The van der Waals surface area contributed by atoms with Gasteiger partial charge in [-0.25, -0.2) is 0 Å². The predicted molar refractivity (Wildman–Crippen MR) is 74.4 cm³/mol. The Kier molecular flexibility index (Phi) is 10.3.